The molecule has 5 nitrogen and oxygen atoms in total. The Labute approximate surface area is 119 Å². The predicted octanol–water partition coefficient (Wildman–Crippen LogP) is 3.62. The molecule has 0 aliphatic carbocycles. The molecule has 0 unspecified atom stereocenters. The van der Waals surface area contributed by atoms with Gasteiger partial charge in [0.05, 0.1) is 6.54 Å². The lowest BCUT2D eigenvalue weighted by Gasteiger charge is -2.08. The van der Waals surface area contributed by atoms with Crippen molar-refractivity contribution < 1.29 is 4.92 Å². The van der Waals surface area contributed by atoms with Crippen LogP contribution >= 0.6 is 23.2 Å². The molecule has 0 amide bonds. The van der Waals surface area contributed by atoms with E-state index in [1.165, 1.54) is 0 Å². The summed E-state index contributed by atoms with van der Waals surface area (Å²) in [6.07, 6.45) is 0. The summed E-state index contributed by atoms with van der Waals surface area (Å²) in [5.41, 5.74) is 1.21. The third-order valence-electron chi connectivity index (χ3n) is 2.74. The Hall–Kier alpha value is -1.59. The van der Waals surface area contributed by atoms with E-state index < -0.39 is 9.76 Å². The van der Waals surface area contributed by atoms with Crippen molar-refractivity contribution in [3.63, 3.8) is 0 Å². The van der Waals surface area contributed by atoms with Gasteiger partial charge >= 0.3 is 5.82 Å². The van der Waals surface area contributed by atoms with Crippen LogP contribution in [0.25, 0.3) is 0 Å². The Bertz CT molecular complexity index is 597. The highest BCUT2D eigenvalue weighted by molar-refractivity contribution is 6.44. The van der Waals surface area contributed by atoms with Gasteiger partial charge in [-0.25, -0.2) is 0 Å². The second-order valence-electron chi connectivity index (χ2n) is 4.00. The van der Waals surface area contributed by atoms with Gasteiger partial charge in [-0.15, -0.1) is 0 Å². The van der Waals surface area contributed by atoms with Crippen molar-refractivity contribution in [3.8, 4) is 0 Å². The van der Waals surface area contributed by atoms with Gasteiger partial charge in [0.25, 0.3) is 0 Å². The quantitative estimate of drug-likeness (QED) is 0.492. The van der Waals surface area contributed by atoms with Crippen molar-refractivity contribution in [2.24, 2.45) is 0 Å². The van der Waals surface area contributed by atoms with Crippen molar-refractivity contribution in [1.82, 2.24) is 9.55 Å². The summed E-state index contributed by atoms with van der Waals surface area (Å²) in [4.78, 5) is 13.3. The van der Waals surface area contributed by atoms with Gasteiger partial charge in [-0.3, -0.25) is 4.57 Å². The Morgan fingerprint density at radius 1 is 1.37 bits per heavy atom. The molecular weight excluding hydrogens is 289 g/mol. The molecule has 100 valence electrons. The average Bonchev–Trinajstić information content (AvgIpc) is 2.68. The zero-order valence-electron chi connectivity index (χ0n) is 10.1. The highest BCUT2D eigenvalue weighted by Gasteiger charge is 2.29. The molecule has 0 saturated heterocycles. The van der Waals surface area contributed by atoms with Crippen LogP contribution in [-0.2, 0) is 6.54 Å². The number of nitro groups is 1. The van der Waals surface area contributed by atoms with E-state index in [9.17, 15) is 10.1 Å². The molecule has 0 saturated carbocycles. The van der Waals surface area contributed by atoms with Crippen LogP contribution in [0.3, 0.4) is 0 Å². The number of hydrogen-bond donors (Lipinski definition) is 0. The number of alkyl halides is 2. The van der Waals surface area contributed by atoms with Crippen molar-refractivity contribution in [2.45, 2.75) is 18.3 Å². The number of imidazole rings is 1. The maximum Gasteiger partial charge on any atom is 0.388 e. The maximum absolute atomic E-state index is 11.0. The number of benzene rings is 1. The first-order valence-electron chi connectivity index (χ1n) is 5.54. The minimum Gasteiger partial charge on any atom is -0.358 e. The largest absolute Gasteiger partial charge is 0.388 e. The summed E-state index contributed by atoms with van der Waals surface area (Å²) < 4.78 is 1.66. The Kier molecular flexibility index (Phi) is 4.07. The maximum atomic E-state index is 11.0. The SMILES string of the molecule is Cc1nc([N+](=O)[O-])c(C(Cl)Cl)n1Cc1ccccc1. The van der Waals surface area contributed by atoms with Gasteiger partial charge < -0.3 is 10.1 Å². The van der Waals surface area contributed by atoms with Gasteiger partial charge in [0, 0.05) is 6.92 Å². The Morgan fingerprint density at radius 2 is 2.00 bits per heavy atom. The number of aryl methyl sites for hydroxylation is 1. The number of hydrogen-bond acceptors (Lipinski definition) is 3. The van der Waals surface area contributed by atoms with Crippen molar-refractivity contribution in [2.75, 3.05) is 0 Å². The Balaban J connectivity index is 2.48. The standard InChI is InChI=1S/C12H11Cl2N3O2/c1-8-15-12(17(18)19)10(11(13)14)16(8)7-9-5-3-2-4-6-9/h2-6,11H,7H2,1H3. The van der Waals surface area contributed by atoms with Gasteiger partial charge in [0.2, 0.25) is 5.82 Å². The smallest absolute Gasteiger partial charge is 0.358 e. The molecule has 0 aliphatic rings. The topological polar surface area (TPSA) is 61.0 Å². The van der Waals surface area contributed by atoms with Gasteiger partial charge in [0.15, 0.2) is 10.5 Å². The summed E-state index contributed by atoms with van der Waals surface area (Å²) in [6.45, 7) is 2.13. The van der Waals surface area contributed by atoms with Crippen molar-refractivity contribution in [1.29, 1.82) is 0 Å². The van der Waals surface area contributed by atoms with E-state index in [0.29, 0.717) is 12.4 Å². The third kappa shape index (κ3) is 2.88. The fourth-order valence-corrected chi connectivity index (χ4v) is 2.31. The predicted molar refractivity (Wildman–Crippen MR) is 73.6 cm³/mol. The average molecular weight is 300 g/mol. The highest BCUT2D eigenvalue weighted by atomic mass is 35.5. The van der Waals surface area contributed by atoms with E-state index in [4.69, 9.17) is 23.2 Å². The van der Waals surface area contributed by atoms with Crippen LogP contribution in [0.2, 0.25) is 0 Å². The third-order valence-corrected chi connectivity index (χ3v) is 3.15. The number of aromatic nitrogens is 2. The van der Waals surface area contributed by atoms with E-state index in [0.717, 1.165) is 5.56 Å². The molecule has 1 aromatic carbocycles. The summed E-state index contributed by atoms with van der Waals surface area (Å²) in [6, 6.07) is 9.54. The molecular formula is C12H11Cl2N3O2. The van der Waals surface area contributed by atoms with Crippen LogP contribution in [0.4, 0.5) is 5.82 Å². The van der Waals surface area contributed by atoms with Crippen LogP contribution in [0, 0.1) is 17.0 Å². The second-order valence-corrected chi connectivity index (χ2v) is 5.09. The first-order chi connectivity index (χ1) is 9.00. The van der Waals surface area contributed by atoms with E-state index in [1.807, 2.05) is 30.3 Å². The number of rotatable bonds is 4. The zero-order valence-corrected chi connectivity index (χ0v) is 11.6. The minimum atomic E-state index is -0.995. The summed E-state index contributed by atoms with van der Waals surface area (Å²) in [5.74, 6) is 0.222. The fraction of sp³-hybridized carbons (Fsp3) is 0.250. The van der Waals surface area contributed by atoms with Crippen LogP contribution in [0.5, 0.6) is 0 Å². The van der Waals surface area contributed by atoms with Crippen molar-refractivity contribution >= 4 is 29.0 Å². The molecule has 2 rings (SSSR count). The molecule has 0 N–H and O–H groups in total. The molecule has 1 aromatic heterocycles. The monoisotopic (exact) mass is 299 g/mol. The minimum absolute atomic E-state index is 0.217. The molecule has 0 spiro atoms. The second kappa shape index (κ2) is 5.59. The van der Waals surface area contributed by atoms with Gasteiger partial charge in [0.1, 0.15) is 0 Å². The Morgan fingerprint density at radius 3 is 2.53 bits per heavy atom. The number of halogens is 2. The van der Waals surface area contributed by atoms with E-state index in [1.54, 1.807) is 11.5 Å². The van der Waals surface area contributed by atoms with Gasteiger partial charge in [-0.1, -0.05) is 53.5 Å². The molecule has 0 fully saturated rings. The molecule has 0 atom stereocenters. The summed E-state index contributed by atoms with van der Waals surface area (Å²) >= 11 is 11.7. The molecule has 19 heavy (non-hydrogen) atoms. The lowest BCUT2D eigenvalue weighted by molar-refractivity contribution is -0.390. The molecule has 2 aromatic rings. The molecule has 1 heterocycles. The van der Waals surface area contributed by atoms with Crippen LogP contribution in [0.1, 0.15) is 21.9 Å². The first kappa shape index (κ1) is 13.8. The number of nitrogens with zero attached hydrogens (tertiary/aromatic N) is 3. The molecule has 0 aliphatic heterocycles. The summed E-state index contributed by atoms with van der Waals surface area (Å²) in [7, 11) is 0. The summed E-state index contributed by atoms with van der Waals surface area (Å²) in [5, 5.41) is 11.0. The highest BCUT2D eigenvalue weighted by Crippen LogP contribution is 2.33. The van der Waals surface area contributed by atoms with Gasteiger partial charge in [-0.2, -0.15) is 0 Å². The van der Waals surface area contributed by atoms with Crippen LogP contribution in [-0.4, -0.2) is 14.5 Å². The molecule has 0 bridgehead atoms. The van der Waals surface area contributed by atoms with Gasteiger partial charge in [-0.05, 0) is 15.5 Å². The zero-order chi connectivity index (χ0) is 14.0. The van der Waals surface area contributed by atoms with E-state index >= 15 is 0 Å². The lowest BCUT2D eigenvalue weighted by atomic mass is 10.2. The van der Waals surface area contributed by atoms with E-state index in [2.05, 4.69) is 4.98 Å². The van der Waals surface area contributed by atoms with Crippen LogP contribution < -0.4 is 0 Å². The normalized spacial score (nSPS) is 10.9. The molecule has 0 radical (unpaired) electrons. The fourth-order valence-electron chi connectivity index (χ4n) is 1.88. The van der Waals surface area contributed by atoms with E-state index in [-0.39, 0.29) is 11.5 Å². The van der Waals surface area contributed by atoms with Crippen molar-refractivity contribution in [3.05, 3.63) is 57.5 Å². The first-order valence-corrected chi connectivity index (χ1v) is 6.41. The molecule has 7 heteroatoms. The van der Waals surface area contributed by atoms with Crippen LogP contribution in [0.15, 0.2) is 30.3 Å². The lowest BCUT2D eigenvalue weighted by Crippen LogP contribution is -2.07.